The van der Waals surface area contributed by atoms with E-state index in [9.17, 15) is 9.50 Å². The Morgan fingerprint density at radius 2 is 1.75 bits per heavy atom. The zero-order valence-electron chi connectivity index (χ0n) is 11.8. The van der Waals surface area contributed by atoms with Gasteiger partial charge in [-0.25, -0.2) is 4.39 Å². The summed E-state index contributed by atoms with van der Waals surface area (Å²) in [5.41, 5.74) is 0.251. The SMILES string of the molecule is COc1ccc(CCC(C)(O)c2ccccc2F)cc1. The van der Waals surface area contributed by atoms with Crippen molar-refractivity contribution in [2.75, 3.05) is 7.11 Å². The first-order chi connectivity index (χ1) is 9.53. The number of halogens is 1. The maximum absolute atomic E-state index is 13.7. The Kier molecular flexibility index (Phi) is 4.40. The smallest absolute Gasteiger partial charge is 0.129 e. The topological polar surface area (TPSA) is 29.5 Å². The van der Waals surface area contributed by atoms with Gasteiger partial charge in [0, 0.05) is 5.56 Å². The van der Waals surface area contributed by atoms with E-state index in [0.29, 0.717) is 18.4 Å². The lowest BCUT2D eigenvalue weighted by Gasteiger charge is -2.24. The minimum Gasteiger partial charge on any atom is -0.497 e. The molecule has 0 aliphatic carbocycles. The predicted molar refractivity (Wildman–Crippen MR) is 77.3 cm³/mol. The number of hydrogen-bond donors (Lipinski definition) is 1. The van der Waals surface area contributed by atoms with Crippen LogP contribution in [0.1, 0.15) is 24.5 Å². The van der Waals surface area contributed by atoms with Crippen molar-refractivity contribution in [3.05, 3.63) is 65.5 Å². The molecular weight excluding hydrogens is 255 g/mol. The molecule has 0 amide bonds. The normalized spacial score (nSPS) is 13.8. The second-order valence-corrected chi connectivity index (χ2v) is 5.10. The average Bonchev–Trinajstić information content (AvgIpc) is 2.46. The van der Waals surface area contributed by atoms with Gasteiger partial charge in [-0.05, 0) is 43.5 Å². The van der Waals surface area contributed by atoms with Crippen LogP contribution in [0.4, 0.5) is 4.39 Å². The summed E-state index contributed by atoms with van der Waals surface area (Å²) < 4.78 is 18.8. The third-order valence-electron chi connectivity index (χ3n) is 3.51. The van der Waals surface area contributed by atoms with Crippen molar-refractivity contribution in [1.82, 2.24) is 0 Å². The zero-order chi connectivity index (χ0) is 14.6. The number of aryl methyl sites for hydroxylation is 1. The lowest BCUT2D eigenvalue weighted by Crippen LogP contribution is -2.23. The van der Waals surface area contributed by atoms with Crippen LogP contribution in [0.5, 0.6) is 5.75 Å². The fourth-order valence-electron chi connectivity index (χ4n) is 2.21. The molecule has 2 aromatic carbocycles. The second kappa shape index (κ2) is 6.06. The summed E-state index contributed by atoms with van der Waals surface area (Å²) in [5, 5.41) is 10.5. The lowest BCUT2D eigenvalue weighted by molar-refractivity contribution is 0.0444. The molecule has 0 aliphatic rings. The Balaban J connectivity index is 2.07. The summed E-state index contributed by atoms with van der Waals surface area (Å²) in [6.45, 7) is 1.65. The van der Waals surface area contributed by atoms with Gasteiger partial charge in [0.25, 0.3) is 0 Å². The van der Waals surface area contributed by atoms with Crippen LogP contribution < -0.4 is 4.74 Å². The van der Waals surface area contributed by atoms with Crippen LogP contribution in [-0.2, 0) is 12.0 Å². The van der Waals surface area contributed by atoms with E-state index in [1.54, 1.807) is 32.2 Å². The Bertz CT molecular complexity index is 561. The van der Waals surface area contributed by atoms with Gasteiger partial charge in [-0.1, -0.05) is 30.3 Å². The van der Waals surface area contributed by atoms with Crippen LogP contribution in [-0.4, -0.2) is 12.2 Å². The van der Waals surface area contributed by atoms with Gasteiger partial charge in [-0.3, -0.25) is 0 Å². The Hall–Kier alpha value is -1.87. The quantitative estimate of drug-likeness (QED) is 0.901. The molecule has 106 valence electrons. The summed E-state index contributed by atoms with van der Waals surface area (Å²) in [7, 11) is 1.62. The molecule has 0 heterocycles. The molecule has 0 saturated heterocycles. The highest BCUT2D eigenvalue weighted by Gasteiger charge is 2.25. The van der Waals surface area contributed by atoms with E-state index in [-0.39, 0.29) is 5.82 Å². The maximum Gasteiger partial charge on any atom is 0.129 e. The fraction of sp³-hybridized carbons (Fsp3) is 0.294. The van der Waals surface area contributed by atoms with E-state index >= 15 is 0 Å². The van der Waals surface area contributed by atoms with Crippen molar-refractivity contribution < 1.29 is 14.2 Å². The van der Waals surface area contributed by atoms with Crippen LogP contribution in [0.2, 0.25) is 0 Å². The van der Waals surface area contributed by atoms with Crippen molar-refractivity contribution in [2.24, 2.45) is 0 Å². The number of ether oxygens (including phenoxy) is 1. The molecular formula is C17H19FO2. The minimum atomic E-state index is -1.18. The first-order valence-electron chi connectivity index (χ1n) is 6.63. The van der Waals surface area contributed by atoms with Gasteiger partial charge in [0.15, 0.2) is 0 Å². The van der Waals surface area contributed by atoms with Crippen molar-refractivity contribution in [3.8, 4) is 5.75 Å². The van der Waals surface area contributed by atoms with Crippen LogP contribution in [0, 0.1) is 5.82 Å². The molecule has 0 radical (unpaired) electrons. The highest BCUT2D eigenvalue weighted by molar-refractivity contribution is 5.28. The summed E-state index contributed by atoms with van der Waals surface area (Å²) >= 11 is 0. The van der Waals surface area contributed by atoms with E-state index in [1.165, 1.54) is 6.07 Å². The third kappa shape index (κ3) is 3.36. The number of benzene rings is 2. The lowest BCUT2D eigenvalue weighted by atomic mass is 9.89. The Morgan fingerprint density at radius 1 is 1.10 bits per heavy atom. The second-order valence-electron chi connectivity index (χ2n) is 5.10. The van der Waals surface area contributed by atoms with Gasteiger partial charge in [-0.15, -0.1) is 0 Å². The van der Waals surface area contributed by atoms with Crippen molar-refractivity contribution in [1.29, 1.82) is 0 Å². The van der Waals surface area contributed by atoms with Gasteiger partial charge < -0.3 is 9.84 Å². The first kappa shape index (κ1) is 14.5. The standard InChI is InChI=1S/C17H19FO2/c1-17(19,15-5-3-4-6-16(15)18)12-11-13-7-9-14(20-2)10-8-13/h3-10,19H,11-12H2,1-2H3. The van der Waals surface area contributed by atoms with E-state index in [1.807, 2.05) is 24.3 Å². The number of rotatable bonds is 5. The molecule has 3 heteroatoms. The monoisotopic (exact) mass is 274 g/mol. The van der Waals surface area contributed by atoms with Crippen molar-refractivity contribution in [3.63, 3.8) is 0 Å². The van der Waals surface area contributed by atoms with Gasteiger partial charge in [0.2, 0.25) is 0 Å². The molecule has 2 aromatic rings. The molecule has 0 saturated carbocycles. The maximum atomic E-state index is 13.7. The van der Waals surface area contributed by atoms with Crippen molar-refractivity contribution in [2.45, 2.75) is 25.4 Å². The van der Waals surface area contributed by atoms with Gasteiger partial charge in [-0.2, -0.15) is 0 Å². The van der Waals surface area contributed by atoms with E-state index in [2.05, 4.69) is 0 Å². The van der Waals surface area contributed by atoms with Crippen LogP contribution in [0.25, 0.3) is 0 Å². The van der Waals surface area contributed by atoms with E-state index < -0.39 is 5.60 Å². The van der Waals surface area contributed by atoms with E-state index in [0.717, 1.165) is 11.3 Å². The molecule has 2 rings (SSSR count). The molecule has 20 heavy (non-hydrogen) atoms. The first-order valence-corrected chi connectivity index (χ1v) is 6.63. The average molecular weight is 274 g/mol. The fourth-order valence-corrected chi connectivity index (χ4v) is 2.21. The summed E-state index contributed by atoms with van der Waals surface area (Å²) in [6.07, 6.45) is 1.13. The van der Waals surface area contributed by atoms with Crippen LogP contribution in [0.3, 0.4) is 0 Å². The molecule has 2 nitrogen and oxygen atoms in total. The van der Waals surface area contributed by atoms with Gasteiger partial charge in [0.05, 0.1) is 12.7 Å². The number of aliphatic hydroxyl groups is 1. The zero-order valence-corrected chi connectivity index (χ0v) is 11.8. The summed E-state index contributed by atoms with van der Waals surface area (Å²) in [6, 6.07) is 14.0. The molecule has 0 fully saturated rings. The molecule has 0 bridgehead atoms. The molecule has 0 aliphatic heterocycles. The molecule has 1 atom stereocenters. The van der Waals surface area contributed by atoms with E-state index in [4.69, 9.17) is 4.74 Å². The molecule has 0 aromatic heterocycles. The molecule has 1 N–H and O–H groups in total. The number of hydrogen-bond acceptors (Lipinski definition) is 2. The van der Waals surface area contributed by atoms with Gasteiger partial charge in [0.1, 0.15) is 11.6 Å². The van der Waals surface area contributed by atoms with Crippen LogP contribution in [0.15, 0.2) is 48.5 Å². The predicted octanol–water partition coefficient (Wildman–Crippen LogP) is 3.67. The highest BCUT2D eigenvalue weighted by atomic mass is 19.1. The van der Waals surface area contributed by atoms with Crippen LogP contribution >= 0.6 is 0 Å². The Labute approximate surface area is 118 Å². The number of methoxy groups -OCH3 is 1. The molecule has 1 unspecified atom stereocenters. The summed E-state index contributed by atoms with van der Waals surface area (Å²) in [4.78, 5) is 0. The molecule has 0 spiro atoms. The minimum absolute atomic E-state index is 0.341. The summed E-state index contributed by atoms with van der Waals surface area (Å²) in [5.74, 6) is 0.432. The third-order valence-corrected chi connectivity index (χ3v) is 3.51. The highest BCUT2D eigenvalue weighted by Crippen LogP contribution is 2.28. The van der Waals surface area contributed by atoms with Crippen molar-refractivity contribution >= 4 is 0 Å². The van der Waals surface area contributed by atoms with Gasteiger partial charge >= 0.3 is 0 Å². The largest absolute Gasteiger partial charge is 0.497 e. The Morgan fingerprint density at radius 3 is 2.35 bits per heavy atom.